The Morgan fingerprint density at radius 1 is 1.40 bits per heavy atom. The first-order chi connectivity index (χ1) is 9.69. The van der Waals surface area contributed by atoms with Crippen LogP contribution in [0.15, 0.2) is 0 Å². The minimum Gasteiger partial charge on any atom is -0.372 e. The number of hydrogen-bond donors (Lipinski definition) is 1. The smallest absolute Gasteiger partial charge is 0.161 e. The monoisotopic (exact) mass is 390 g/mol. The third kappa shape index (κ3) is 3.59. The molecule has 1 N–H and O–H groups in total. The molecule has 0 amide bonds. The second kappa shape index (κ2) is 7.51. The van der Waals surface area contributed by atoms with E-state index in [-0.39, 0.29) is 6.10 Å². The van der Waals surface area contributed by atoms with Crippen LogP contribution < -0.4 is 5.32 Å². The molecule has 2 heterocycles. The van der Waals surface area contributed by atoms with Crippen LogP contribution in [0.2, 0.25) is 0 Å². The van der Waals surface area contributed by atoms with E-state index < -0.39 is 0 Å². The normalized spacial score (nSPS) is 20.1. The molecule has 0 saturated carbocycles. The van der Waals surface area contributed by atoms with Crippen molar-refractivity contribution in [2.45, 2.75) is 32.8 Å². The van der Waals surface area contributed by atoms with Gasteiger partial charge in [-0.2, -0.15) is 0 Å². The van der Waals surface area contributed by atoms with Gasteiger partial charge >= 0.3 is 0 Å². The molecule has 1 fully saturated rings. The van der Waals surface area contributed by atoms with Crippen molar-refractivity contribution in [3.8, 4) is 0 Å². The summed E-state index contributed by atoms with van der Waals surface area (Å²) in [6.45, 7) is 8.11. The Hall–Kier alpha value is -0.470. The second-order valence-electron chi connectivity index (χ2n) is 4.95. The molecule has 0 aliphatic carbocycles. The summed E-state index contributed by atoms with van der Waals surface area (Å²) in [4.78, 5) is 11.8. The third-order valence-electron chi connectivity index (χ3n) is 3.49. The van der Waals surface area contributed by atoms with Gasteiger partial charge in [-0.1, -0.05) is 13.8 Å². The van der Waals surface area contributed by atoms with Crippen molar-refractivity contribution in [2.75, 3.05) is 38.6 Å². The number of morpholine rings is 1. The predicted molar refractivity (Wildman–Crippen MR) is 89.1 cm³/mol. The number of rotatable bonds is 5. The Labute approximate surface area is 134 Å². The lowest BCUT2D eigenvalue weighted by Gasteiger charge is -2.32. The van der Waals surface area contributed by atoms with E-state index in [9.17, 15) is 0 Å². The fourth-order valence-electron chi connectivity index (χ4n) is 2.43. The maximum Gasteiger partial charge on any atom is 0.161 e. The molecular weight excluding hydrogens is 367 g/mol. The van der Waals surface area contributed by atoms with Crippen molar-refractivity contribution >= 4 is 28.4 Å². The number of hydrogen-bond acceptors (Lipinski definition) is 5. The van der Waals surface area contributed by atoms with Crippen LogP contribution in [0.3, 0.4) is 0 Å². The van der Waals surface area contributed by atoms with Crippen molar-refractivity contribution in [1.29, 1.82) is 0 Å². The average Bonchev–Trinajstić information content (AvgIpc) is 2.48. The van der Waals surface area contributed by atoms with Gasteiger partial charge in [0.2, 0.25) is 0 Å². The van der Waals surface area contributed by atoms with E-state index in [1.807, 2.05) is 7.05 Å². The van der Waals surface area contributed by atoms with Crippen LogP contribution in [0.1, 0.15) is 37.9 Å². The first-order valence-electron chi connectivity index (χ1n) is 7.27. The zero-order valence-corrected chi connectivity index (χ0v) is 14.6. The Morgan fingerprint density at radius 2 is 2.20 bits per heavy atom. The number of aryl methyl sites for hydroxylation is 1. The van der Waals surface area contributed by atoms with Crippen molar-refractivity contribution in [2.24, 2.45) is 0 Å². The quantitative estimate of drug-likeness (QED) is 0.783. The maximum atomic E-state index is 5.88. The lowest BCUT2D eigenvalue weighted by Crippen LogP contribution is -2.39. The Bertz CT molecular complexity index is 428. The molecule has 1 aliphatic heterocycles. The van der Waals surface area contributed by atoms with Gasteiger partial charge in [-0.25, -0.2) is 9.97 Å². The predicted octanol–water partition coefficient (Wildman–Crippen LogP) is 2.47. The molecule has 6 heteroatoms. The summed E-state index contributed by atoms with van der Waals surface area (Å²) < 4.78 is 6.99. The molecule has 5 nitrogen and oxygen atoms in total. The van der Waals surface area contributed by atoms with E-state index >= 15 is 0 Å². The molecule has 112 valence electrons. The molecule has 1 aliphatic rings. The van der Waals surface area contributed by atoms with Crippen LogP contribution in [-0.2, 0) is 11.2 Å². The fraction of sp³-hybridized carbons (Fsp3) is 0.714. The summed E-state index contributed by atoms with van der Waals surface area (Å²) in [6.07, 6.45) is 2.07. The minimum atomic E-state index is -0.00954. The number of nitrogens with one attached hydrogen (secondary N) is 1. The first kappa shape index (κ1) is 15.9. The Balaban J connectivity index is 2.23. The molecule has 1 unspecified atom stereocenters. The molecule has 1 saturated heterocycles. The van der Waals surface area contributed by atoms with Gasteiger partial charge in [0.15, 0.2) is 5.82 Å². The van der Waals surface area contributed by atoms with Crippen molar-refractivity contribution in [3.63, 3.8) is 0 Å². The molecule has 0 spiro atoms. The molecule has 1 aromatic heterocycles. The van der Waals surface area contributed by atoms with Gasteiger partial charge in [0.25, 0.3) is 0 Å². The summed E-state index contributed by atoms with van der Waals surface area (Å²) in [7, 11) is 1.90. The largest absolute Gasteiger partial charge is 0.372 e. The zero-order valence-electron chi connectivity index (χ0n) is 12.4. The summed E-state index contributed by atoms with van der Waals surface area (Å²) >= 11 is 2.31. The first-order valence-corrected chi connectivity index (χ1v) is 8.35. The van der Waals surface area contributed by atoms with E-state index in [2.05, 4.69) is 51.6 Å². The van der Waals surface area contributed by atoms with Crippen LogP contribution >= 0.6 is 22.6 Å². The standard InChI is InChI=1S/C14H23IN4O/c1-4-6-19-7-8-20-11(9-19)13-17-10(5-2)12(15)14(16-3)18-13/h11H,4-9H2,1-3H3,(H,16,17,18). The molecular formula is C14H23IN4O. The SMILES string of the molecule is CCCN1CCOC(c2nc(CC)c(I)c(NC)n2)C1. The Morgan fingerprint density at radius 3 is 2.85 bits per heavy atom. The van der Waals surface area contributed by atoms with Crippen LogP contribution in [0.5, 0.6) is 0 Å². The van der Waals surface area contributed by atoms with Gasteiger partial charge in [0.1, 0.15) is 11.9 Å². The van der Waals surface area contributed by atoms with Crippen LogP contribution in [0.4, 0.5) is 5.82 Å². The molecule has 1 atom stereocenters. The molecule has 0 bridgehead atoms. The molecule has 0 aromatic carbocycles. The van der Waals surface area contributed by atoms with Gasteiger partial charge in [-0.3, -0.25) is 4.90 Å². The highest BCUT2D eigenvalue weighted by Crippen LogP contribution is 2.25. The summed E-state index contributed by atoms with van der Waals surface area (Å²) in [6, 6.07) is 0. The van der Waals surface area contributed by atoms with Crippen molar-refractivity contribution in [3.05, 3.63) is 15.1 Å². The summed E-state index contributed by atoms with van der Waals surface area (Å²) in [5.74, 6) is 1.72. The molecule has 1 aromatic rings. The van der Waals surface area contributed by atoms with E-state index in [1.54, 1.807) is 0 Å². The molecule has 20 heavy (non-hydrogen) atoms. The van der Waals surface area contributed by atoms with Gasteiger partial charge in [-0.15, -0.1) is 0 Å². The lowest BCUT2D eigenvalue weighted by molar-refractivity contribution is -0.0342. The van der Waals surface area contributed by atoms with Crippen LogP contribution in [-0.4, -0.2) is 48.2 Å². The fourth-order valence-corrected chi connectivity index (χ4v) is 3.33. The third-order valence-corrected chi connectivity index (χ3v) is 4.62. The summed E-state index contributed by atoms with van der Waals surface area (Å²) in [5, 5.41) is 3.16. The zero-order chi connectivity index (χ0) is 14.5. The van der Waals surface area contributed by atoms with E-state index in [1.165, 1.54) is 6.42 Å². The van der Waals surface area contributed by atoms with Crippen LogP contribution in [0.25, 0.3) is 0 Å². The van der Waals surface area contributed by atoms with Crippen molar-refractivity contribution in [1.82, 2.24) is 14.9 Å². The maximum absolute atomic E-state index is 5.88. The highest BCUT2D eigenvalue weighted by Gasteiger charge is 2.25. The van der Waals surface area contributed by atoms with Crippen molar-refractivity contribution < 1.29 is 4.74 Å². The highest BCUT2D eigenvalue weighted by molar-refractivity contribution is 14.1. The molecule has 2 rings (SSSR count). The van der Waals surface area contributed by atoms with E-state index in [0.717, 1.165) is 53.6 Å². The van der Waals surface area contributed by atoms with Crippen LogP contribution in [0, 0.1) is 3.57 Å². The number of halogens is 1. The van der Waals surface area contributed by atoms with Gasteiger partial charge < -0.3 is 10.1 Å². The number of nitrogens with zero attached hydrogens (tertiary/aromatic N) is 3. The minimum absolute atomic E-state index is 0.00954. The summed E-state index contributed by atoms with van der Waals surface area (Å²) in [5.41, 5.74) is 1.09. The highest BCUT2D eigenvalue weighted by atomic mass is 127. The average molecular weight is 390 g/mol. The topological polar surface area (TPSA) is 50.3 Å². The number of aromatic nitrogens is 2. The van der Waals surface area contributed by atoms with E-state index in [0.29, 0.717) is 0 Å². The molecule has 0 radical (unpaired) electrons. The van der Waals surface area contributed by atoms with Gasteiger partial charge in [0, 0.05) is 20.1 Å². The number of ether oxygens (including phenoxy) is 1. The van der Waals surface area contributed by atoms with E-state index in [4.69, 9.17) is 9.72 Å². The second-order valence-corrected chi connectivity index (χ2v) is 6.03. The lowest BCUT2D eigenvalue weighted by atomic mass is 10.2. The van der Waals surface area contributed by atoms with Gasteiger partial charge in [-0.05, 0) is 42.0 Å². The number of anilines is 1. The van der Waals surface area contributed by atoms with Gasteiger partial charge in [0.05, 0.1) is 15.9 Å². The Kier molecular flexibility index (Phi) is 5.98.